The van der Waals surface area contributed by atoms with Gasteiger partial charge in [0.05, 0.1) is 6.54 Å². The average Bonchev–Trinajstić information content (AvgIpc) is 2.90. The number of nitrogens with two attached hydrogens (primary N) is 1. The lowest BCUT2D eigenvalue weighted by molar-refractivity contribution is -0.142. The van der Waals surface area contributed by atoms with Crippen LogP contribution in [0.1, 0.15) is 122 Å². The van der Waals surface area contributed by atoms with Crippen LogP contribution in [0.4, 0.5) is 5.69 Å². The van der Waals surface area contributed by atoms with E-state index in [1.807, 2.05) is 35.2 Å². The molecule has 0 spiro atoms. The molecule has 0 heterocycles. The Balaban J connectivity index is 2.23. The summed E-state index contributed by atoms with van der Waals surface area (Å²) in [7, 11) is 0. The van der Waals surface area contributed by atoms with E-state index in [4.69, 9.17) is 5.73 Å². The number of carbonyl (C=O) groups is 3. The lowest BCUT2D eigenvalue weighted by atomic mass is 10.0. The zero-order valence-electron chi connectivity index (χ0n) is 23.8. The van der Waals surface area contributed by atoms with Gasteiger partial charge in [0.25, 0.3) is 0 Å². The predicted molar refractivity (Wildman–Crippen MR) is 156 cm³/mol. The van der Waals surface area contributed by atoms with Crippen molar-refractivity contribution in [1.29, 1.82) is 0 Å². The minimum atomic E-state index is -1.16. The molecule has 0 aromatic heterocycles. The highest BCUT2D eigenvalue weighted by molar-refractivity contribution is 5.87. The molecular formula is C31H53N3O4. The smallest absolute Gasteiger partial charge is 0.326 e. The maximum Gasteiger partial charge on any atom is 0.326 e. The van der Waals surface area contributed by atoms with Gasteiger partial charge in [-0.05, 0) is 25.0 Å². The van der Waals surface area contributed by atoms with Crippen LogP contribution in [0.2, 0.25) is 0 Å². The topological polar surface area (TPSA) is 113 Å². The van der Waals surface area contributed by atoms with E-state index in [0.29, 0.717) is 0 Å². The summed E-state index contributed by atoms with van der Waals surface area (Å²) in [5.74, 6) is -2.12. The summed E-state index contributed by atoms with van der Waals surface area (Å²) in [5.41, 5.74) is 6.06. The fourth-order valence-corrected chi connectivity index (χ4v) is 4.75. The van der Waals surface area contributed by atoms with Crippen LogP contribution in [0.15, 0.2) is 30.3 Å². The number of carboxylic acid groups (broad SMARTS) is 1. The maximum absolute atomic E-state index is 12.6. The predicted octanol–water partition coefficient (Wildman–Crippen LogP) is 6.59. The quantitative estimate of drug-likeness (QED) is 0.123. The van der Waals surface area contributed by atoms with Crippen LogP contribution in [0.5, 0.6) is 0 Å². The van der Waals surface area contributed by atoms with Crippen LogP contribution in [0.3, 0.4) is 0 Å². The Morgan fingerprint density at radius 2 is 1.26 bits per heavy atom. The van der Waals surface area contributed by atoms with Crippen molar-refractivity contribution < 1.29 is 19.5 Å². The summed E-state index contributed by atoms with van der Waals surface area (Å²) >= 11 is 0. The van der Waals surface area contributed by atoms with E-state index in [-0.39, 0.29) is 25.3 Å². The summed E-state index contributed by atoms with van der Waals surface area (Å²) in [4.78, 5) is 37.1. The number of aliphatic carboxylic acids is 1. The Kier molecular flexibility index (Phi) is 19.7. The molecule has 0 saturated heterocycles. The van der Waals surface area contributed by atoms with Crippen LogP contribution in [-0.4, -0.2) is 42.0 Å². The second-order valence-corrected chi connectivity index (χ2v) is 10.5. The summed E-state index contributed by atoms with van der Waals surface area (Å²) in [6.45, 7) is 3.07. The lowest BCUT2D eigenvalue weighted by Crippen LogP contribution is -2.46. The highest BCUT2D eigenvalue weighted by atomic mass is 16.4. The van der Waals surface area contributed by atoms with E-state index < -0.39 is 17.9 Å². The molecule has 7 heteroatoms. The third-order valence-corrected chi connectivity index (χ3v) is 7.05. The summed E-state index contributed by atoms with van der Waals surface area (Å²) in [6, 6.07) is 8.59. The van der Waals surface area contributed by atoms with Crippen LogP contribution < -0.4 is 16.0 Å². The zero-order valence-corrected chi connectivity index (χ0v) is 23.8. The second-order valence-electron chi connectivity index (χ2n) is 10.5. The van der Waals surface area contributed by atoms with Crippen LogP contribution in [0.25, 0.3) is 0 Å². The van der Waals surface area contributed by atoms with Crippen molar-refractivity contribution in [3.8, 4) is 0 Å². The van der Waals surface area contributed by atoms with Crippen LogP contribution >= 0.6 is 0 Å². The number of carbonyl (C=O) groups excluding carboxylic acids is 2. The van der Waals surface area contributed by atoms with Gasteiger partial charge in [-0.2, -0.15) is 0 Å². The van der Waals surface area contributed by atoms with Crippen LogP contribution in [0, 0.1) is 0 Å². The number of primary amides is 1. The molecule has 38 heavy (non-hydrogen) atoms. The third-order valence-electron chi connectivity index (χ3n) is 7.05. The Morgan fingerprint density at radius 1 is 0.789 bits per heavy atom. The Hall–Kier alpha value is -2.57. The van der Waals surface area contributed by atoms with Gasteiger partial charge in [-0.3, -0.25) is 9.59 Å². The Labute approximate surface area is 230 Å². The molecule has 1 atom stereocenters. The van der Waals surface area contributed by atoms with E-state index >= 15 is 0 Å². The molecule has 0 fully saturated rings. The minimum Gasteiger partial charge on any atom is -0.480 e. The number of unbranched alkanes of at least 4 members (excludes halogenated alkanes) is 15. The molecule has 2 amide bonds. The van der Waals surface area contributed by atoms with Gasteiger partial charge in [0.2, 0.25) is 11.8 Å². The monoisotopic (exact) mass is 531 g/mol. The number of benzene rings is 1. The third kappa shape index (κ3) is 17.8. The molecule has 1 aromatic rings. The van der Waals surface area contributed by atoms with Gasteiger partial charge < -0.3 is 21.1 Å². The molecule has 216 valence electrons. The summed E-state index contributed by atoms with van der Waals surface area (Å²) in [5, 5.41) is 11.9. The molecule has 0 saturated carbocycles. The largest absolute Gasteiger partial charge is 0.480 e. The Bertz CT molecular complexity index is 757. The molecule has 0 aliphatic rings. The first kappa shape index (κ1) is 33.5. The van der Waals surface area contributed by atoms with Gasteiger partial charge >= 0.3 is 5.97 Å². The number of carboxylic acids is 1. The number of amides is 2. The molecule has 7 nitrogen and oxygen atoms in total. The highest BCUT2D eigenvalue weighted by Crippen LogP contribution is 2.16. The van der Waals surface area contributed by atoms with E-state index in [1.165, 1.54) is 89.9 Å². The average molecular weight is 532 g/mol. The molecule has 0 unspecified atom stereocenters. The van der Waals surface area contributed by atoms with E-state index in [0.717, 1.165) is 25.1 Å². The van der Waals surface area contributed by atoms with Crippen molar-refractivity contribution in [2.24, 2.45) is 5.73 Å². The first-order valence-electron chi connectivity index (χ1n) is 15.0. The number of hydrogen-bond donors (Lipinski definition) is 3. The number of para-hydroxylation sites is 1. The van der Waals surface area contributed by atoms with Gasteiger partial charge in [-0.1, -0.05) is 121 Å². The maximum atomic E-state index is 12.6. The fourth-order valence-electron chi connectivity index (χ4n) is 4.75. The molecule has 4 N–H and O–H groups in total. The van der Waals surface area contributed by atoms with Crippen molar-refractivity contribution in [2.45, 2.75) is 129 Å². The van der Waals surface area contributed by atoms with E-state index in [9.17, 15) is 19.5 Å². The number of nitrogens with zero attached hydrogens (tertiary/aromatic N) is 1. The summed E-state index contributed by atoms with van der Waals surface area (Å²) in [6.07, 6.45) is 20.9. The molecule has 1 aromatic carbocycles. The van der Waals surface area contributed by atoms with Gasteiger partial charge in [0, 0.05) is 18.7 Å². The molecule has 0 aliphatic heterocycles. The normalized spacial score (nSPS) is 11.7. The minimum absolute atomic E-state index is 0.0130. The molecule has 0 radical (unpaired) electrons. The highest BCUT2D eigenvalue weighted by Gasteiger charge is 2.22. The first-order chi connectivity index (χ1) is 18.4. The fraction of sp³-hybridized carbons (Fsp3) is 0.710. The van der Waals surface area contributed by atoms with Gasteiger partial charge in [0.15, 0.2) is 0 Å². The number of anilines is 1. The van der Waals surface area contributed by atoms with E-state index in [2.05, 4.69) is 12.2 Å². The zero-order chi connectivity index (χ0) is 27.8. The SMILES string of the molecule is CCCCCCCCCCCCCCCCCCN(CC(=O)N[C@@H](CCC(N)=O)C(=O)O)c1ccccc1. The van der Waals surface area contributed by atoms with Crippen molar-refractivity contribution >= 4 is 23.5 Å². The summed E-state index contributed by atoms with van der Waals surface area (Å²) < 4.78 is 0. The van der Waals surface area contributed by atoms with Gasteiger partial charge in [-0.25, -0.2) is 4.79 Å². The van der Waals surface area contributed by atoms with E-state index in [1.54, 1.807) is 0 Å². The second kappa shape index (κ2) is 22.4. The van der Waals surface area contributed by atoms with Crippen molar-refractivity contribution in [1.82, 2.24) is 5.32 Å². The van der Waals surface area contributed by atoms with Gasteiger partial charge in [-0.15, -0.1) is 0 Å². The van der Waals surface area contributed by atoms with Crippen molar-refractivity contribution in [3.63, 3.8) is 0 Å². The number of nitrogens with one attached hydrogen (secondary N) is 1. The lowest BCUT2D eigenvalue weighted by Gasteiger charge is -2.25. The molecule has 0 aliphatic carbocycles. The molecule has 1 rings (SSSR count). The Morgan fingerprint density at radius 3 is 1.71 bits per heavy atom. The van der Waals surface area contributed by atoms with Gasteiger partial charge in [0.1, 0.15) is 6.04 Å². The van der Waals surface area contributed by atoms with Crippen molar-refractivity contribution in [2.75, 3.05) is 18.0 Å². The standard InChI is InChI=1S/C31H53N3O4/c1-2-3-4-5-6-7-8-9-10-11-12-13-14-15-16-20-25-34(27-21-18-17-19-22-27)26-30(36)33-28(31(37)38)23-24-29(32)35/h17-19,21-22,28H,2-16,20,23-26H2,1H3,(H2,32,35)(H,33,36)(H,37,38)/t28-/m0/s1. The number of rotatable bonds is 25. The van der Waals surface area contributed by atoms with Crippen LogP contribution in [-0.2, 0) is 14.4 Å². The number of hydrogen-bond acceptors (Lipinski definition) is 4. The molecule has 0 bridgehead atoms. The molecular weight excluding hydrogens is 478 g/mol. The first-order valence-corrected chi connectivity index (χ1v) is 15.0. The van der Waals surface area contributed by atoms with Crippen molar-refractivity contribution in [3.05, 3.63) is 30.3 Å².